The number of aliphatic hydroxyl groups excluding tert-OH is 1. The fraction of sp³-hybridized carbons (Fsp3) is 0.292. The molecule has 0 aliphatic carbocycles. The predicted molar refractivity (Wildman–Crippen MR) is 118 cm³/mol. The first kappa shape index (κ1) is 24.2. The normalized spacial score (nSPS) is 12.8. The van der Waals surface area contributed by atoms with Crippen molar-refractivity contribution in [1.82, 2.24) is 15.6 Å². The van der Waals surface area contributed by atoms with Crippen molar-refractivity contribution in [3.63, 3.8) is 0 Å². The highest BCUT2D eigenvalue weighted by Crippen LogP contribution is 2.13. The summed E-state index contributed by atoms with van der Waals surface area (Å²) >= 11 is 0. The van der Waals surface area contributed by atoms with E-state index in [0.717, 1.165) is 42.6 Å². The van der Waals surface area contributed by atoms with Gasteiger partial charge in [0, 0.05) is 19.2 Å². The topological polar surface area (TPSA) is 101 Å². The van der Waals surface area contributed by atoms with E-state index in [-0.39, 0.29) is 24.2 Å². The Morgan fingerprint density at radius 2 is 1.88 bits per heavy atom. The largest absolute Gasteiger partial charge is 0.619 e. The number of rotatable bonds is 10. The Morgan fingerprint density at radius 3 is 2.58 bits per heavy atom. The average molecular weight is 456 g/mol. The van der Waals surface area contributed by atoms with Gasteiger partial charge in [-0.25, -0.2) is 13.8 Å². The fourth-order valence-corrected chi connectivity index (χ4v) is 3.47. The first-order chi connectivity index (χ1) is 15.8. The second-order valence-electron chi connectivity index (χ2n) is 7.73. The molecule has 3 aromatic rings. The van der Waals surface area contributed by atoms with Crippen molar-refractivity contribution in [1.29, 1.82) is 0 Å². The van der Waals surface area contributed by atoms with Gasteiger partial charge in [-0.1, -0.05) is 31.2 Å². The number of halogens is 2. The summed E-state index contributed by atoms with van der Waals surface area (Å²) in [4.78, 5) is 16.5. The molecule has 1 heterocycles. The quantitative estimate of drug-likeness (QED) is 0.320. The predicted octanol–water partition coefficient (Wildman–Crippen LogP) is 2.05. The number of hydrogen-bond donors (Lipinski definition) is 3. The van der Waals surface area contributed by atoms with Crippen LogP contribution in [0.4, 0.5) is 8.78 Å². The molecule has 3 rings (SSSR count). The van der Waals surface area contributed by atoms with Crippen LogP contribution in [0.5, 0.6) is 0 Å². The molecular formula is C24H26F2N4O3. The molecule has 0 fully saturated rings. The van der Waals surface area contributed by atoms with E-state index in [0.29, 0.717) is 11.3 Å². The number of carbonyl (C=O) groups excluding carboxylic acids is 1. The summed E-state index contributed by atoms with van der Waals surface area (Å²) < 4.78 is 27.7. The molecule has 0 aliphatic rings. The molecule has 0 aliphatic heterocycles. The maximum absolute atomic E-state index is 13.7. The number of aryl methyl sites for hydroxylation is 1. The van der Waals surface area contributed by atoms with Crippen molar-refractivity contribution >= 4 is 5.91 Å². The summed E-state index contributed by atoms with van der Waals surface area (Å²) in [5.41, 5.74) is 2.37. The van der Waals surface area contributed by atoms with Crippen LogP contribution in [0.15, 0.2) is 61.1 Å². The van der Waals surface area contributed by atoms with Crippen LogP contribution in [0.2, 0.25) is 0 Å². The Labute approximate surface area is 190 Å². The van der Waals surface area contributed by atoms with E-state index in [1.54, 1.807) is 0 Å². The molecule has 174 valence electrons. The highest BCUT2D eigenvalue weighted by atomic mass is 19.1. The maximum Gasteiger partial charge on any atom is 0.276 e. The third kappa shape index (κ3) is 7.30. The van der Waals surface area contributed by atoms with Gasteiger partial charge in [-0.3, -0.25) is 4.79 Å². The summed E-state index contributed by atoms with van der Waals surface area (Å²) in [5.74, 6) is -2.19. The SMILES string of the molecule is CCc1cccc(CNCC(O)C(Cc2cc(F)cc(F)c2)NC(=O)c2c[n+]([O-])ccn2)c1. The van der Waals surface area contributed by atoms with Crippen molar-refractivity contribution in [3.05, 3.63) is 100 Å². The third-order valence-electron chi connectivity index (χ3n) is 5.15. The first-order valence-electron chi connectivity index (χ1n) is 10.6. The Hall–Kier alpha value is -3.43. The molecule has 2 atom stereocenters. The molecule has 0 spiro atoms. The monoisotopic (exact) mass is 456 g/mol. The molecule has 0 bridgehead atoms. The van der Waals surface area contributed by atoms with Crippen molar-refractivity contribution in [3.8, 4) is 0 Å². The summed E-state index contributed by atoms with van der Waals surface area (Å²) in [7, 11) is 0. The lowest BCUT2D eigenvalue weighted by atomic mass is 10.00. The van der Waals surface area contributed by atoms with E-state index < -0.39 is 29.7 Å². The van der Waals surface area contributed by atoms with Crippen LogP contribution in [-0.2, 0) is 19.4 Å². The van der Waals surface area contributed by atoms with Gasteiger partial charge in [-0.2, -0.15) is 4.73 Å². The fourth-order valence-electron chi connectivity index (χ4n) is 3.47. The van der Waals surface area contributed by atoms with Crippen LogP contribution in [0.1, 0.15) is 34.1 Å². The van der Waals surface area contributed by atoms with Gasteiger partial charge in [0.2, 0.25) is 6.20 Å². The minimum Gasteiger partial charge on any atom is -0.619 e. The highest BCUT2D eigenvalue weighted by Gasteiger charge is 2.24. The van der Waals surface area contributed by atoms with Gasteiger partial charge in [0.05, 0.1) is 18.3 Å². The molecular weight excluding hydrogens is 430 g/mol. The van der Waals surface area contributed by atoms with Gasteiger partial charge in [0.15, 0.2) is 11.9 Å². The van der Waals surface area contributed by atoms with Gasteiger partial charge in [0.25, 0.3) is 5.91 Å². The zero-order chi connectivity index (χ0) is 23.8. The number of amides is 1. The number of nitrogens with one attached hydrogen (secondary N) is 2. The molecule has 1 amide bonds. The van der Waals surface area contributed by atoms with Crippen LogP contribution in [0, 0.1) is 16.8 Å². The van der Waals surface area contributed by atoms with Crippen LogP contribution < -0.4 is 15.4 Å². The second-order valence-corrected chi connectivity index (χ2v) is 7.73. The lowest BCUT2D eigenvalue weighted by Crippen LogP contribution is -2.49. The summed E-state index contributed by atoms with van der Waals surface area (Å²) in [6, 6.07) is 10.2. The van der Waals surface area contributed by atoms with Gasteiger partial charge < -0.3 is 20.9 Å². The van der Waals surface area contributed by atoms with Crippen LogP contribution in [0.3, 0.4) is 0 Å². The first-order valence-corrected chi connectivity index (χ1v) is 10.6. The molecule has 3 N–H and O–H groups in total. The molecule has 0 saturated carbocycles. The van der Waals surface area contributed by atoms with Crippen LogP contribution >= 0.6 is 0 Å². The Balaban J connectivity index is 1.70. The standard InChI is InChI=1S/C24H26F2N4O3/c1-2-16-4-3-5-17(8-16)13-27-14-23(31)21(11-18-9-19(25)12-20(26)10-18)29-24(32)22-15-30(33)7-6-28-22/h3-10,12,15,21,23,27,31H,2,11,13-14H2,1H3,(H,29,32). The van der Waals surface area contributed by atoms with Gasteiger partial charge >= 0.3 is 0 Å². The lowest BCUT2D eigenvalue weighted by Gasteiger charge is -2.24. The van der Waals surface area contributed by atoms with E-state index in [2.05, 4.69) is 28.6 Å². The Morgan fingerprint density at radius 1 is 1.15 bits per heavy atom. The Kier molecular flexibility index (Phi) is 8.39. The van der Waals surface area contributed by atoms with E-state index in [1.807, 2.05) is 18.2 Å². The smallest absolute Gasteiger partial charge is 0.276 e. The molecule has 2 aromatic carbocycles. The Bertz CT molecular complexity index is 1080. The van der Waals surface area contributed by atoms with Crippen molar-refractivity contribution < 1.29 is 23.4 Å². The highest BCUT2D eigenvalue weighted by molar-refractivity contribution is 5.91. The minimum atomic E-state index is -1.09. The summed E-state index contributed by atoms with van der Waals surface area (Å²) in [6.07, 6.45) is 3.11. The number of carbonyl (C=O) groups is 1. The summed E-state index contributed by atoms with van der Waals surface area (Å²) in [6.45, 7) is 2.67. The van der Waals surface area contributed by atoms with Gasteiger partial charge in [-0.05, 0) is 41.7 Å². The average Bonchev–Trinajstić information content (AvgIpc) is 2.78. The molecule has 7 nitrogen and oxygen atoms in total. The molecule has 0 radical (unpaired) electrons. The molecule has 1 aromatic heterocycles. The van der Waals surface area contributed by atoms with Crippen molar-refractivity contribution in [2.45, 2.75) is 38.5 Å². The van der Waals surface area contributed by atoms with Crippen molar-refractivity contribution in [2.75, 3.05) is 6.54 Å². The van der Waals surface area contributed by atoms with Gasteiger partial charge in [-0.15, -0.1) is 0 Å². The minimum absolute atomic E-state index is 0.0290. The molecule has 2 unspecified atom stereocenters. The van der Waals surface area contributed by atoms with E-state index in [9.17, 15) is 23.9 Å². The lowest BCUT2D eigenvalue weighted by molar-refractivity contribution is -0.606. The molecule has 0 saturated heterocycles. The number of aliphatic hydroxyl groups is 1. The van der Waals surface area contributed by atoms with E-state index >= 15 is 0 Å². The maximum atomic E-state index is 13.7. The number of nitrogens with zero attached hydrogens (tertiary/aromatic N) is 2. The number of aromatic nitrogens is 2. The van der Waals surface area contributed by atoms with E-state index in [4.69, 9.17) is 0 Å². The summed E-state index contributed by atoms with van der Waals surface area (Å²) in [5, 5.41) is 28.0. The third-order valence-corrected chi connectivity index (χ3v) is 5.15. The van der Waals surface area contributed by atoms with Crippen LogP contribution in [-0.4, -0.2) is 34.7 Å². The zero-order valence-corrected chi connectivity index (χ0v) is 18.2. The van der Waals surface area contributed by atoms with E-state index in [1.165, 1.54) is 11.8 Å². The number of hydrogen-bond acceptors (Lipinski definition) is 5. The van der Waals surface area contributed by atoms with Crippen LogP contribution in [0.25, 0.3) is 0 Å². The molecule has 9 heteroatoms. The van der Waals surface area contributed by atoms with Gasteiger partial charge in [0.1, 0.15) is 11.6 Å². The molecule has 33 heavy (non-hydrogen) atoms. The second kappa shape index (κ2) is 11.4. The van der Waals surface area contributed by atoms with Crippen molar-refractivity contribution in [2.24, 2.45) is 0 Å². The zero-order valence-electron chi connectivity index (χ0n) is 18.2. The number of benzene rings is 2.